The fourth-order valence-corrected chi connectivity index (χ4v) is 4.87. The minimum absolute atomic E-state index is 0.00726. The first-order valence-corrected chi connectivity index (χ1v) is 11.4. The van der Waals surface area contributed by atoms with Crippen LogP contribution in [0.5, 0.6) is 0 Å². The van der Waals surface area contributed by atoms with Gasteiger partial charge in [-0.1, -0.05) is 29.8 Å². The summed E-state index contributed by atoms with van der Waals surface area (Å²) < 4.78 is 31.5. The molecular formula is C24H22Cl2F2N4O2. The molecule has 1 aliphatic rings. The van der Waals surface area contributed by atoms with E-state index in [4.69, 9.17) is 23.2 Å². The molecule has 6 nitrogen and oxygen atoms in total. The van der Waals surface area contributed by atoms with E-state index >= 15 is 4.39 Å². The van der Waals surface area contributed by atoms with E-state index in [1.165, 1.54) is 46.1 Å². The van der Waals surface area contributed by atoms with Crippen LogP contribution in [0.4, 0.5) is 14.5 Å². The van der Waals surface area contributed by atoms with Crippen molar-refractivity contribution in [3.63, 3.8) is 0 Å². The Hall–Kier alpha value is -2.97. The third-order valence-electron chi connectivity index (χ3n) is 6.06. The fraction of sp³-hybridized carbons (Fsp3) is 0.292. The van der Waals surface area contributed by atoms with E-state index in [1.807, 2.05) is 13.8 Å². The predicted molar refractivity (Wildman–Crippen MR) is 129 cm³/mol. The van der Waals surface area contributed by atoms with Crippen molar-refractivity contribution in [3.05, 3.63) is 80.8 Å². The highest BCUT2D eigenvalue weighted by Gasteiger charge is 2.44. The molecule has 34 heavy (non-hydrogen) atoms. The summed E-state index contributed by atoms with van der Waals surface area (Å²) in [5.74, 6) is -1.67. The van der Waals surface area contributed by atoms with Crippen molar-refractivity contribution < 1.29 is 13.6 Å². The first kappa shape index (κ1) is 24.2. The van der Waals surface area contributed by atoms with Gasteiger partial charge in [-0.2, -0.15) is 0 Å². The number of carbonyl (C=O) groups excluding carboxylic acids is 1. The summed E-state index contributed by atoms with van der Waals surface area (Å²) in [7, 11) is 0. The van der Waals surface area contributed by atoms with Crippen LogP contribution in [0.2, 0.25) is 10.0 Å². The molecule has 1 atom stereocenters. The third kappa shape index (κ3) is 4.05. The molecule has 1 fully saturated rings. The lowest BCUT2D eigenvalue weighted by atomic mass is 9.87. The van der Waals surface area contributed by atoms with Crippen molar-refractivity contribution in [1.82, 2.24) is 14.5 Å². The van der Waals surface area contributed by atoms with Gasteiger partial charge in [-0.3, -0.25) is 14.2 Å². The Morgan fingerprint density at radius 2 is 2.00 bits per heavy atom. The van der Waals surface area contributed by atoms with Gasteiger partial charge in [-0.15, -0.1) is 0 Å². The molecular weight excluding hydrogens is 485 g/mol. The lowest BCUT2D eigenvalue weighted by molar-refractivity contribution is -0.125. The van der Waals surface area contributed by atoms with E-state index in [-0.39, 0.29) is 63.7 Å². The SMILES string of the molecule is C=CC(=O)N1CC[C@@](Nc2cc(F)c3ncn(C(C)C)c(=O)c3c2)(c2c(F)ccc(Cl)c2Cl)C1. The van der Waals surface area contributed by atoms with E-state index in [2.05, 4.69) is 16.9 Å². The molecule has 1 amide bonds. The lowest BCUT2D eigenvalue weighted by Crippen LogP contribution is -2.41. The van der Waals surface area contributed by atoms with Crippen LogP contribution in [0.3, 0.4) is 0 Å². The van der Waals surface area contributed by atoms with Gasteiger partial charge in [0.15, 0.2) is 5.82 Å². The van der Waals surface area contributed by atoms with Crippen molar-refractivity contribution in [3.8, 4) is 0 Å². The van der Waals surface area contributed by atoms with Crippen molar-refractivity contribution in [1.29, 1.82) is 0 Å². The number of aromatic nitrogens is 2. The Bertz CT molecular complexity index is 1380. The molecule has 178 valence electrons. The molecule has 1 saturated heterocycles. The normalized spacial score (nSPS) is 18.0. The number of likely N-dealkylation sites (tertiary alicyclic amines) is 1. The van der Waals surface area contributed by atoms with Gasteiger partial charge in [0.25, 0.3) is 5.56 Å². The molecule has 0 unspecified atom stereocenters. The number of anilines is 1. The number of rotatable bonds is 5. The molecule has 0 saturated carbocycles. The summed E-state index contributed by atoms with van der Waals surface area (Å²) in [6.45, 7) is 7.44. The molecule has 0 bridgehead atoms. The van der Waals surface area contributed by atoms with E-state index in [9.17, 15) is 14.0 Å². The summed E-state index contributed by atoms with van der Waals surface area (Å²) in [6.07, 6.45) is 2.73. The van der Waals surface area contributed by atoms with E-state index < -0.39 is 22.7 Å². The Kier molecular flexibility index (Phi) is 6.40. The lowest BCUT2D eigenvalue weighted by Gasteiger charge is -2.33. The maximum absolute atomic E-state index is 15.1. The minimum atomic E-state index is -1.23. The molecule has 1 N–H and O–H groups in total. The van der Waals surface area contributed by atoms with Crippen LogP contribution in [0.25, 0.3) is 10.9 Å². The molecule has 10 heteroatoms. The topological polar surface area (TPSA) is 67.2 Å². The van der Waals surface area contributed by atoms with Gasteiger partial charge < -0.3 is 10.2 Å². The Labute approximate surface area is 204 Å². The zero-order valence-corrected chi connectivity index (χ0v) is 20.1. The highest BCUT2D eigenvalue weighted by Crippen LogP contribution is 2.43. The maximum Gasteiger partial charge on any atom is 0.261 e. The maximum atomic E-state index is 15.1. The van der Waals surface area contributed by atoms with Gasteiger partial charge in [0.2, 0.25) is 5.91 Å². The molecule has 2 aromatic carbocycles. The van der Waals surface area contributed by atoms with Gasteiger partial charge in [0.1, 0.15) is 11.3 Å². The number of hydrogen-bond acceptors (Lipinski definition) is 4. The third-order valence-corrected chi connectivity index (χ3v) is 6.86. The van der Waals surface area contributed by atoms with Crippen molar-refractivity contribution in [2.45, 2.75) is 31.8 Å². The quantitative estimate of drug-likeness (QED) is 0.377. The molecule has 1 aliphatic heterocycles. The Morgan fingerprint density at radius 1 is 1.26 bits per heavy atom. The first-order chi connectivity index (χ1) is 16.1. The van der Waals surface area contributed by atoms with Crippen molar-refractivity contribution in [2.75, 3.05) is 18.4 Å². The zero-order chi connectivity index (χ0) is 24.8. The van der Waals surface area contributed by atoms with Gasteiger partial charge in [-0.25, -0.2) is 13.8 Å². The number of halogens is 4. The predicted octanol–water partition coefficient (Wildman–Crippen LogP) is 5.29. The summed E-state index contributed by atoms with van der Waals surface area (Å²) in [4.78, 5) is 30.9. The van der Waals surface area contributed by atoms with Crippen molar-refractivity contribution >= 4 is 45.7 Å². The standard InChI is InChI=1S/C24H22Cl2F2N4O2/c1-4-19(33)31-8-7-24(11-31,20-17(27)6-5-16(25)21(20)26)30-14-9-15-22(18(28)10-14)29-12-32(13(2)3)23(15)34/h4-6,9-10,12-13,30H,1,7-8,11H2,2-3H3/t24-/m0/s1. The van der Waals surface area contributed by atoms with Gasteiger partial charge in [0.05, 0.1) is 27.3 Å². The zero-order valence-electron chi connectivity index (χ0n) is 18.5. The number of carbonyl (C=O) groups is 1. The smallest absolute Gasteiger partial charge is 0.261 e. The van der Waals surface area contributed by atoms with E-state index in [1.54, 1.807) is 0 Å². The summed E-state index contributed by atoms with van der Waals surface area (Å²) in [5, 5.41) is 3.38. The van der Waals surface area contributed by atoms with Gasteiger partial charge in [0, 0.05) is 30.4 Å². The first-order valence-electron chi connectivity index (χ1n) is 10.6. The van der Waals surface area contributed by atoms with E-state index in [0.717, 1.165) is 0 Å². The van der Waals surface area contributed by atoms with Crippen LogP contribution in [-0.2, 0) is 10.3 Å². The monoisotopic (exact) mass is 506 g/mol. The number of hydrogen-bond donors (Lipinski definition) is 1. The Morgan fingerprint density at radius 3 is 2.68 bits per heavy atom. The van der Waals surface area contributed by atoms with Crippen molar-refractivity contribution in [2.24, 2.45) is 0 Å². The molecule has 3 aromatic rings. The van der Waals surface area contributed by atoms with Crippen LogP contribution in [0, 0.1) is 11.6 Å². The summed E-state index contributed by atoms with van der Waals surface area (Å²) in [5.41, 5.74) is -1.42. The number of amides is 1. The number of fused-ring (bicyclic) bond motifs is 1. The van der Waals surface area contributed by atoms with Gasteiger partial charge in [-0.05, 0) is 50.6 Å². The second kappa shape index (κ2) is 9.00. The fourth-order valence-electron chi connectivity index (χ4n) is 4.38. The van der Waals surface area contributed by atoms with Crippen LogP contribution in [-0.4, -0.2) is 33.4 Å². The molecule has 0 radical (unpaired) electrons. The summed E-state index contributed by atoms with van der Waals surface area (Å²) in [6, 6.07) is 5.01. The molecule has 1 aromatic heterocycles. The average molecular weight is 507 g/mol. The molecule has 0 aliphatic carbocycles. The average Bonchev–Trinajstić information content (AvgIpc) is 3.21. The second-order valence-electron chi connectivity index (χ2n) is 8.54. The largest absolute Gasteiger partial charge is 0.373 e. The summed E-state index contributed by atoms with van der Waals surface area (Å²) >= 11 is 12.6. The van der Waals surface area contributed by atoms with E-state index in [0.29, 0.717) is 0 Å². The van der Waals surface area contributed by atoms with Crippen LogP contribution >= 0.6 is 23.2 Å². The second-order valence-corrected chi connectivity index (χ2v) is 9.33. The van der Waals surface area contributed by atoms with Crippen LogP contribution in [0.1, 0.15) is 31.9 Å². The van der Waals surface area contributed by atoms with Crippen LogP contribution in [0.15, 0.2) is 48.0 Å². The highest BCUT2D eigenvalue weighted by atomic mass is 35.5. The molecule has 0 spiro atoms. The minimum Gasteiger partial charge on any atom is -0.373 e. The van der Waals surface area contributed by atoms with Gasteiger partial charge >= 0.3 is 0 Å². The Balaban J connectivity index is 1.89. The number of nitrogens with zero attached hydrogens (tertiary/aromatic N) is 3. The number of benzene rings is 2. The highest BCUT2D eigenvalue weighted by molar-refractivity contribution is 6.42. The molecule has 2 heterocycles. The molecule has 4 rings (SSSR count). The number of nitrogens with one attached hydrogen (secondary N) is 1. The van der Waals surface area contributed by atoms with Crippen LogP contribution < -0.4 is 10.9 Å².